The predicted molar refractivity (Wildman–Crippen MR) is 77.5 cm³/mol. The fourth-order valence-electron chi connectivity index (χ4n) is 2.17. The summed E-state index contributed by atoms with van der Waals surface area (Å²) in [6, 6.07) is 5.93. The van der Waals surface area contributed by atoms with Crippen molar-refractivity contribution in [3.8, 4) is 11.5 Å². The largest absolute Gasteiger partial charge is 0.493 e. The van der Waals surface area contributed by atoms with Crippen LogP contribution in [0.3, 0.4) is 0 Å². The Bertz CT molecular complexity index is 665. The summed E-state index contributed by atoms with van der Waals surface area (Å²) < 4.78 is 50.5. The molecule has 0 saturated carbocycles. The summed E-state index contributed by atoms with van der Waals surface area (Å²) in [6.07, 6.45) is 1.70. The zero-order valence-corrected chi connectivity index (χ0v) is 15.0. The van der Waals surface area contributed by atoms with Crippen molar-refractivity contribution in [2.24, 2.45) is 0 Å². The Morgan fingerprint density at radius 1 is 1.04 bits per heavy atom. The van der Waals surface area contributed by atoms with E-state index in [9.17, 15) is 0 Å². The minimum atomic E-state index is -4.94. The maximum atomic E-state index is 8.49. The van der Waals surface area contributed by atoms with E-state index in [1.165, 1.54) is 0 Å². The van der Waals surface area contributed by atoms with Gasteiger partial charge >= 0.3 is 11.5 Å². The Kier molecular flexibility index (Phi) is 7.95. The first-order chi connectivity index (χ1) is 11.2. The van der Waals surface area contributed by atoms with Gasteiger partial charge in [0.15, 0.2) is 11.5 Å². The summed E-state index contributed by atoms with van der Waals surface area (Å²) in [4.78, 5) is 0. The maximum absolute atomic E-state index is 8.49. The Morgan fingerprint density at radius 2 is 1.58 bits per heavy atom. The minimum absolute atomic E-state index is 0.623. The highest BCUT2D eigenvalue weighted by Crippen LogP contribution is 2.34. The van der Waals surface area contributed by atoms with Crippen LogP contribution in [0.4, 0.5) is 0 Å². The van der Waals surface area contributed by atoms with E-state index >= 15 is 0 Å². The molecular formula is C15H18Cl2O7. The van der Waals surface area contributed by atoms with Crippen molar-refractivity contribution in [1.29, 1.82) is 0 Å². The summed E-state index contributed by atoms with van der Waals surface area (Å²) in [5.74, 6) is 3.88. The standard InChI is InChI=1S/C15H18ClO3.ClHO4/c1-10-7-11-8-14(17-2)15(18-3)9-12(11)13(19-10)5-4-6-16;2-1(3,4)5/h7-9H,4-6H2,1-3H3;(H,2,3,4,5)/q+1;/p-1. The third-order valence-electron chi connectivity index (χ3n) is 3.04. The van der Waals surface area contributed by atoms with Crippen LogP contribution in [0.5, 0.6) is 11.5 Å². The second-order valence-electron chi connectivity index (χ2n) is 4.75. The lowest BCUT2D eigenvalue weighted by atomic mass is 10.1. The molecule has 1 aromatic heterocycles. The van der Waals surface area contributed by atoms with Crippen molar-refractivity contribution in [1.82, 2.24) is 0 Å². The van der Waals surface area contributed by atoms with Crippen molar-refractivity contribution in [2.45, 2.75) is 19.8 Å². The molecule has 0 fully saturated rings. The number of hydrogen-bond acceptors (Lipinski definition) is 6. The van der Waals surface area contributed by atoms with Crippen LogP contribution in [-0.4, -0.2) is 20.1 Å². The lowest BCUT2D eigenvalue weighted by Crippen LogP contribution is -2.68. The van der Waals surface area contributed by atoms with Gasteiger partial charge in [0.05, 0.1) is 33.0 Å². The molecule has 0 aliphatic heterocycles. The molecule has 1 aromatic carbocycles. The second-order valence-corrected chi connectivity index (χ2v) is 5.88. The SMILES string of the molecule is COc1cc2cc(C)[o+]c(CCCCl)c2cc1OC.[O-][Cl+3]([O-])([O-])[O-]. The quantitative estimate of drug-likeness (QED) is 0.503. The molecule has 0 unspecified atom stereocenters. The number of aryl methyl sites for hydroxylation is 2. The summed E-state index contributed by atoms with van der Waals surface area (Å²) >= 11 is 5.76. The number of rotatable bonds is 5. The Hall–Kier alpha value is -1.35. The fourth-order valence-corrected chi connectivity index (χ4v) is 2.30. The van der Waals surface area contributed by atoms with Crippen molar-refractivity contribution >= 4 is 22.4 Å². The van der Waals surface area contributed by atoms with Crippen LogP contribution in [-0.2, 0) is 6.42 Å². The summed E-state index contributed by atoms with van der Waals surface area (Å²) in [6.45, 7) is 1.94. The molecule has 0 saturated heterocycles. The molecule has 24 heavy (non-hydrogen) atoms. The molecule has 0 aliphatic rings. The van der Waals surface area contributed by atoms with Crippen LogP contribution >= 0.6 is 11.6 Å². The van der Waals surface area contributed by atoms with E-state index in [1.807, 2.05) is 25.1 Å². The van der Waals surface area contributed by atoms with Crippen molar-refractivity contribution < 1.29 is 42.8 Å². The lowest BCUT2D eigenvalue weighted by molar-refractivity contribution is -2.00. The number of halogens is 2. The monoisotopic (exact) mass is 380 g/mol. The van der Waals surface area contributed by atoms with Crippen LogP contribution in [0.2, 0.25) is 0 Å². The zero-order chi connectivity index (χ0) is 18.3. The van der Waals surface area contributed by atoms with Crippen LogP contribution in [0.1, 0.15) is 17.9 Å². The summed E-state index contributed by atoms with van der Waals surface area (Å²) in [5, 5.41) is 2.14. The summed E-state index contributed by atoms with van der Waals surface area (Å²) in [5.41, 5.74) is 0. The average molecular weight is 381 g/mol. The number of benzene rings is 1. The van der Waals surface area contributed by atoms with Gasteiger partial charge in [-0.1, -0.05) is 0 Å². The van der Waals surface area contributed by atoms with E-state index in [4.69, 9.17) is 44.1 Å². The maximum Gasteiger partial charge on any atom is 0.337 e. The first-order valence-electron chi connectivity index (χ1n) is 6.85. The minimum Gasteiger partial charge on any atom is -0.493 e. The van der Waals surface area contributed by atoms with Gasteiger partial charge in [0.2, 0.25) is 0 Å². The molecule has 9 heteroatoms. The van der Waals surface area contributed by atoms with Crippen LogP contribution < -0.4 is 28.1 Å². The van der Waals surface area contributed by atoms with Gasteiger partial charge in [-0.3, -0.25) is 0 Å². The molecule has 134 valence electrons. The number of alkyl halides is 1. The molecule has 7 nitrogen and oxygen atoms in total. The van der Waals surface area contributed by atoms with Crippen LogP contribution in [0.15, 0.2) is 22.6 Å². The predicted octanol–water partition coefficient (Wildman–Crippen LogP) is -0.545. The van der Waals surface area contributed by atoms with Gasteiger partial charge in [0.1, 0.15) is 0 Å². The van der Waals surface area contributed by atoms with Gasteiger partial charge in [-0.2, -0.15) is 0 Å². The molecule has 0 spiro atoms. The Balaban J connectivity index is 0.000000505. The van der Waals surface area contributed by atoms with Gasteiger partial charge < -0.3 is 9.47 Å². The van der Waals surface area contributed by atoms with E-state index in [1.54, 1.807) is 14.2 Å². The third kappa shape index (κ3) is 6.64. The van der Waals surface area contributed by atoms with Crippen LogP contribution in [0.25, 0.3) is 10.8 Å². The number of methoxy groups -OCH3 is 2. The molecular weight excluding hydrogens is 363 g/mol. The normalized spacial score (nSPS) is 11.0. The highest BCUT2D eigenvalue weighted by molar-refractivity contribution is 6.17. The smallest absolute Gasteiger partial charge is 0.337 e. The van der Waals surface area contributed by atoms with Gasteiger partial charge in [-0.25, -0.2) is 23.1 Å². The lowest BCUT2D eigenvalue weighted by Gasteiger charge is -2.17. The number of fused-ring (bicyclic) bond motifs is 1. The van der Waals surface area contributed by atoms with E-state index in [-0.39, 0.29) is 0 Å². The molecule has 0 bridgehead atoms. The molecule has 2 aromatic rings. The van der Waals surface area contributed by atoms with E-state index < -0.39 is 10.2 Å². The topological polar surface area (TPSA) is 122 Å². The molecule has 0 aliphatic carbocycles. The molecule has 0 amide bonds. The summed E-state index contributed by atoms with van der Waals surface area (Å²) in [7, 11) is -1.67. The highest BCUT2D eigenvalue weighted by Gasteiger charge is 2.19. The molecule has 0 atom stereocenters. The molecule has 2 rings (SSSR count). The van der Waals surface area contributed by atoms with Gasteiger partial charge in [0, 0.05) is 23.4 Å². The Morgan fingerprint density at radius 3 is 2.08 bits per heavy atom. The van der Waals surface area contributed by atoms with E-state index in [0.717, 1.165) is 40.9 Å². The number of hydrogen-bond donors (Lipinski definition) is 0. The van der Waals surface area contributed by atoms with Gasteiger partial charge in [-0.05, 0) is 12.5 Å². The van der Waals surface area contributed by atoms with E-state index in [2.05, 4.69) is 0 Å². The molecule has 1 heterocycles. The molecule has 0 radical (unpaired) electrons. The van der Waals surface area contributed by atoms with Gasteiger partial charge in [0.25, 0.3) is 0 Å². The van der Waals surface area contributed by atoms with Crippen LogP contribution in [0, 0.1) is 17.2 Å². The fraction of sp³-hybridized carbons (Fsp3) is 0.400. The van der Waals surface area contributed by atoms with E-state index in [0.29, 0.717) is 11.6 Å². The average Bonchev–Trinajstić information content (AvgIpc) is 2.49. The molecule has 0 N–H and O–H groups in total. The third-order valence-corrected chi connectivity index (χ3v) is 3.30. The Labute approximate surface area is 146 Å². The second kappa shape index (κ2) is 9.22. The van der Waals surface area contributed by atoms with Crippen molar-refractivity contribution in [2.75, 3.05) is 20.1 Å². The zero-order valence-electron chi connectivity index (χ0n) is 13.5. The van der Waals surface area contributed by atoms with Crippen molar-refractivity contribution in [3.63, 3.8) is 0 Å². The first-order valence-corrected chi connectivity index (χ1v) is 8.62. The first kappa shape index (κ1) is 20.7. The number of ether oxygens (including phenoxy) is 2. The highest BCUT2D eigenvalue weighted by atomic mass is 35.7. The van der Waals surface area contributed by atoms with Gasteiger partial charge in [-0.15, -0.1) is 21.8 Å². The van der Waals surface area contributed by atoms with Crippen molar-refractivity contribution in [3.05, 3.63) is 29.7 Å².